The smallest absolute Gasteiger partial charge is 0.194 e. The lowest BCUT2D eigenvalue weighted by molar-refractivity contribution is 0.176. The van der Waals surface area contributed by atoms with Crippen LogP contribution < -0.4 is 0 Å². The van der Waals surface area contributed by atoms with Crippen molar-refractivity contribution in [1.29, 1.82) is 0 Å². The number of benzene rings is 2. The molecular formula is C35H46F4. The molecule has 0 amide bonds. The summed E-state index contributed by atoms with van der Waals surface area (Å²) in [5.74, 6) is -0.471. The lowest BCUT2D eigenvalue weighted by Crippen LogP contribution is -2.25. The Labute approximate surface area is 233 Å². The molecule has 0 N–H and O–H groups in total. The molecule has 5 rings (SSSR count). The maximum absolute atomic E-state index is 15.3. The molecule has 0 nitrogen and oxygen atoms in total. The minimum atomic E-state index is -1.38. The summed E-state index contributed by atoms with van der Waals surface area (Å²) in [5.41, 5.74) is 2.71. The van der Waals surface area contributed by atoms with E-state index in [1.165, 1.54) is 69.1 Å². The van der Waals surface area contributed by atoms with E-state index in [4.69, 9.17) is 0 Å². The molecule has 0 bridgehead atoms. The van der Waals surface area contributed by atoms with E-state index in [0.717, 1.165) is 62.8 Å². The zero-order chi connectivity index (χ0) is 27.4. The third-order valence-corrected chi connectivity index (χ3v) is 10.7. The van der Waals surface area contributed by atoms with Crippen LogP contribution >= 0.6 is 0 Å². The summed E-state index contributed by atoms with van der Waals surface area (Å²) >= 11 is 0. The standard InChI is InChI=1S/C35H46F4/c1-2-3-4-5-23-6-8-26(9-7-23)29-18-19-31(32(36)20-29)28-16-14-25(15-17-28)24-10-12-27(13-11-24)30-21-33(37)35(39)34(38)22-30/h18-28H,2-17H2,1H3. The maximum Gasteiger partial charge on any atom is 0.194 e. The first-order valence-corrected chi connectivity index (χ1v) is 15.9. The summed E-state index contributed by atoms with van der Waals surface area (Å²) in [4.78, 5) is 0. The number of hydrogen-bond acceptors (Lipinski definition) is 0. The highest BCUT2D eigenvalue weighted by atomic mass is 19.2. The molecule has 0 aromatic heterocycles. The SMILES string of the molecule is CCCCCC1CCC(c2ccc(C3CCC(C4CCC(c5cc(F)c(F)c(F)c5)CC4)CC3)c(F)c2)CC1. The van der Waals surface area contributed by atoms with Crippen molar-refractivity contribution in [2.24, 2.45) is 17.8 Å². The molecule has 3 aliphatic carbocycles. The Hall–Kier alpha value is -1.84. The van der Waals surface area contributed by atoms with E-state index in [1.807, 2.05) is 6.07 Å². The Balaban J connectivity index is 1.09. The van der Waals surface area contributed by atoms with Crippen molar-refractivity contribution in [3.05, 3.63) is 70.3 Å². The van der Waals surface area contributed by atoms with Crippen LogP contribution in [0.3, 0.4) is 0 Å². The third kappa shape index (κ3) is 6.91. The molecular weight excluding hydrogens is 496 g/mol. The van der Waals surface area contributed by atoms with Crippen molar-refractivity contribution < 1.29 is 17.6 Å². The molecule has 2 aromatic rings. The van der Waals surface area contributed by atoms with Gasteiger partial charge in [0.15, 0.2) is 17.5 Å². The Morgan fingerprint density at radius 2 is 1.08 bits per heavy atom. The first kappa shape index (κ1) is 28.7. The van der Waals surface area contributed by atoms with Crippen LogP contribution in [0.4, 0.5) is 17.6 Å². The Bertz CT molecular complexity index is 1050. The van der Waals surface area contributed by atoms with Gasteiger partial charge < -0.3 is 0 Å². The van der Waals surface area contributed by atoms with Crippen LogP contribution in [0.2, 0.25) is 0 Å². The number of hydrogen-bond donors (Lipinski definition) is 0. The average Bonchev–Trinajstić information content (AvgIpc) is 2.96. The molecule has 2 aromatic carbocycles. The van der Waals surface area contributed by atoms with Gasteiger partial charge in [-0.15, -0.1) is 0 Å². The molecule has 214 valence electrons. The molecule has 3 fully saturated rings. The largest absolute Gasteiger partial charge is 0.207 e. The van der Waals surface area contributed by atoms with Crippen LogP contribution in [0.15, 0.2) is 30.3 Å². The van der Waals surface area contributed by atoms with Gasteiger partial charge in [-0.3, -0.25) is 0 Å². The van der Waals surface area contributed by atoms with Gasteiger partial charge in [0.1, 0.15) is 5.82 Å². The fraction of sp³-hybridized carbons (Fsp3) is 0.657. The highest BCUT2D eigenvalue weighted by Gasteiger charge is 2.33. The molecule has 3 aliphatic rings. The molecule has 0 spiro atoms. The summed E-state index contributed by atoms with van der Waals surface area (Å²) in [7, 11) is 0. The predicted molar refractivity (Wildman–Crippen MR) is 151 cm³/mol. The summed E-state index contributed by atoms with van der Waals surface area (Å²) in [6.45, 7) is 2.26. The van der Waals surface area contributed by atoms with Crippen LogP contribution in [0, 0.1) is 41.0 Å². The van der Waals surface area contributed by atoms with Crippen LogP contribution in [0.25, 0.3) is 0 Å². The van der Waals surface area contributed by atoms with E-state index in [1.54, 1.807) is 0 Å². The zero-order valence-electron chi connectivity index (χ0n) is 23.7. The van der Waals surface area contributed by atoms with E-state index >= 15 is 4.39 Å². The van der Waals surface area contributed by atoms with Gasteiger partial charge in [-0.05, 0) is 147 Å². The topological polar surface area (TPSA) is 0 Å². The Morgan fingerprint density at radius 3 is 1.64 bits per heavy atom. The van der Waals surface area contributed by atoms with Crippen molar-refractivity contribution in [2.45, 2.75) is 127 Å². The van der Waals surface area contributed by atoms with E-state index in [-0.39, 0.29) is 11.7 Å². The minimum absolute atomic E-state index is 0.000268. The second kappa shape index (κ2) is 13.2. The predicted octanol–water partition coefficient (Wildman–Crippen LogP) is 11.3. The number of halogens is 4. The van der Waals surface area contributed by atoms with Gasteiger partial charge in [-0.25, -0.2) is 17.6 Å². The minimum Gasteiger partial charge on any atom is -0.207 e. The maximum atomic E-state index is 15.3. The molecule has 0 saturated heterocycles. The van der Waals surface area contributed by atoms with E-state index in [2.05, 4.69) is 19.1 Å². The molecule has 0 aliphatic heterocycles. The first-order chi connectivity index (χ1) is 18.9. The van der Waals surface area contributed by atoms with Crippen LogP contribution in [-0.2, 0) is 0 Å². The fourth-order valence-corrected chi connectivity index (χ4v) is 8.23. The highest BCUT2D eigenvalue weighted by molar-refractivity contribution is 5.30. The molecule has 0 heterocycles. The highest BCUT2D eigenvalue weighted by Crippen LogP contribution is 2.47. The van der Waals surface area contributed by atoms with Crippen molar-refractivity contribution in [2.75, 3.05) is 0 Å². The average molecular weight is 543 g/mol. The summed E-state index contributed by atoms with van der Waals surface area (Å²) in [6, 6.07) is 8.51. The van der Waals surface area contributed by atoms with E-state index in [9.17, 15) is 13.2 Å². The van der Waals surface area contributed by atoms with E-state index < -0.39 is 17.5 Å². The van der Waals surface area contributed by atoms with Gasteiger partial charge in [0.2, 0.25) is 0 Å². The van der Waals surface area contributed by atoms with Gasteiger partial charge >= 0.3 is 0 Å². The van der Waals surface area contributed by atoms with E-state index in [0.29, 0.717) is 29.2 Å². The molecule has 0 atom stereocenters. The van der Waals surface area contributed by atoms with Gasteiger partial charge in [0.05, 0.1) is 0 Å². The lowest BCUT2D eigenvalue weighted by Gasteiger charge is -2.38. The van der Waals surface area contributed by atoms with Gasteiger partial charge in [0.25, 0.3) is 0 Å². The summed E-state index contributed by atoms with van der Waals surface area (Å²) in [5, 5.41) is 0. The molecule has 0 radical (unpaired) electrons. The molecule has 3 saturated carbocycles. The van der Waals surface area contributed by atoms with Crippen molar-refractivity contribution >= 4 is 0 Å². The fourth-order valence-electron chi connectivity index (χ4n) is 8.23. The first-order valence-electron chi connectivity index (χ1n) is 15.9. The Morgan fingerprint density at radius 1 is 0.564 bits per heavy atom. The normalized spacial score (nSPS) is 29.9. The lowest BCUT2D eigenvalue weighted by atomic mass is 9.67. The molecule has 4 heteroatoms. The summed E-state index contributed by atoms with van der Waals surface area (Å²) in [6.07, 6.45) is 18.6. The number of rotatable bonds is 8. The zero-order valence-corrected chi connectivity index (χ0v) is 23.7. The van der Waals surface area contributed by atoms with Gasteiger partial charge in [-0.2, -0.15) is 0 Å². The van der Waals surface area contributed by atoms with Crippen molar-refractivity contribution in [3.8, 4) is 0 Å². The third-order valence-electron chi connectivity index (χ3n) is 10.7. The van der Waals surface area contributed by atoms with Crippen molar-refractivity contribution in [1.82, 2.24) is 0 Å². The van der Waals surface area contributed by atoms with Crippen LogP contribution in [0.1, 0.15) is 144 Å². The quantitative estimate of drug-likeness (QED) is 0.177. The Kier molecular flexibility index (Phi) is 9.72. The van der Waals surface area contributed by atoms with Crippen molar-refractivity contribution in [3.63, 3.8) is 0 Å². The van der Waals surface area contributed by atoms with Crippen LogP contribution in [-0.4, -0.2) is 0 Å². The second-order valence-electron chi connectivity index (χ2n) is 13.0. The number of unbranched alkanes of at least 4 members (excludes halogenated alkanes) is 2. The van der Waals surface area contributed by atoms with Gasteiger partial charge in [0, 0.05) is 0 Å². The monoisotopic (exact) mass is 542 g/mol. The molecule has 39 heavy (non-hydrogen) atoms. The van der Waals surface area contributed by atoms with Gasteiger partial charge in [-0.1, -0.05) is 44.7 Å². The molecule has 0 unspecified atom stereocenters. The van der Waals surface area contributed by atoms with Crippen LogP contribution in [0.5, 0.6) is 0 Å². The second-order valence-corrected chi connectivity index (χ2v) is 13.0. The summed E-state index contributed by atoms with van der Waals surface area (Å²) < 4.78 is 56.1.